The fourth-order valence-electron chi connectivity index (χ4n) is 4.13. The lowest BCUT2D eigenvalue weighted by Gasteiger charge is -2.40. The second kappa shape index (κ2) is 8.38. The maximum absolute atomic E-state index is 10.5. The molecule has 1 saturated heterocycles. The number of hydrogen-bond acceptors (Lipinski definition) is 2. The van der Waals surface area contributed by atoms with Gasteiger partial charge in [-0.25, -0.2) is 0 Å². The molecule has 0 bridgehead atoms. The van der Waals surface area contributed by atoms with Crippen molar-refractivity contribution in [2.45, 2.75) is 102 Å². The van der Waals surface area contributed by atoms with Gasteiger partial charge in [-0.3, -0.25) is 0 Å². The van der Waals surface area contributed by atoms with Crippen LogP contribution in [0.25, 0.3) is 0 Å². The summed E-state index contributed by atoms with van der Waals surface area (Å²) in [6.45, 7) is 3.13. The van der Waals surface area contributed by atoms with Crippen molar-refractivity contribution in [3.05, 3.63) is 0 Å². The van der Waals surface area contributed by atoms with Crippen molar-refractivity contribution in [1.82, 2.24) is 0 Å². The number of aliphatic hydroxyl groups is 1. The lowest BCUT2D eigenvalue weighted by atomic mass is 9.80. The summed E-state index contributed by atoms with van der Waals surface area (Å²) in [5.41, 5.74) is 0.158. The van der Waals surface area contributed by atoms with Crippen LogP contribution in [0, 0.1) is 5.92 Å². The third kappa shape index (κ3) is 4.73. The Kier molecular flexibility index (Phi) is 6.83. The van der Waals surface area contributed by atoms with Crippen molar-refractivity contribution in [3.8, 4) is 0 Å². The Balaban J connectivity index is 1.63. The Labute approximate surface area is 125 Å². The van der Waals surface area contributed by atoms with Gasteiger partial charge in [0.05, 0.1) is 11.7 Å². The summed E-state index contributed by atoms with van der Waals surface area (Å²) in [5.74, 6) is 0.498. The van der Waals surface area contributed by atoms with Crippen LogP contribution in [0.15, 0.2) is 0 Å². The Morgan fingerprint density at radius 1 is 1.10 bits per heavy atom. The smallest absolute Gasteiger partial charge is 0.0686 e. The molecule has 1 saturated carbocycles. The molecule has 1 heterocycles. The fraction of sp³-hybridized carbons (Fsp3) is 1.00. The predicted octanol–water partition coefficient (Wildman–Crippen LogP) is 4.84. The highest BCUT2D eigenvalue weighted by Crippen LogP contribution is 2.43. The average molecular weight is 282 g/mol. The number of rotatable bonds is 8. The molecular formula is C18H34O2. The normalized spacial score (nSPS) is 27.0. The van der Waals surface area contributed by atoms with Crippen LogP contribution >= 0.6 is 0 Å². The summed E-state index contributed by atoms with van der Waals surface area (Å²) in [5, 5.41) is 10.5. The molecule has 2 atom stereocenters. The molecule has 2 fully saturated rings. The molecule has 20 heavy (non-hydrogen) atoms. The molecule has 2 unspecified atom stereocenters. The van der Waals surface area contributed by atoms with Crippen LogP contribution < -0.4 is 0 Å². The highest BCUT2D eigenvalue weighted by Gasteiger charge is 2.41. The first-order chi connectivity index (χ1) is 9.76. The Morgan fingerprint density at radius 2 is 1.80 bits per heavy atom. The summed E-state index contributed by atoms with van der Waals surface area (Å²) in [7, 11) is 0. The number of aliphatic hydroxyl groups excluding tert-OH is 1. The van der Waals surface area contributed by atoms with E-state index in [-0.39, 0.29) is 11.7 Å². The van der Waals surface area contributed by atoms with Crippen molar-refractivity contribution in [3.63, 3.8) is 0 Å². The van der Waals surface area contributed by atoms with E-state index in [4.69, 9.17) is 4.74 Å². The summed E-state index contributed by atoms with van der Waals surface area (Å²) < 4.78 is 6.07. The molecule has 0 radical (unpaired) electrons. The van der Waals surface area contributed by atoms with E-state index >= 15 is 0 Å². The van der Waals surface area contributed by atoms with Gasteiger partial charge in [0, 0.05) is 6.61 Å². The molecule has 118 valence electrons. The molecule has 1 aliphatic carbocycles. The number of ether oxygens (including phenoxy) is 1. The number of unbranched alkanes of at least 4 members (excludes halogenated alkanes) is 5. The van der Waals surface area contributed by atoms with Crippen LogP contribution in [-0.2, 0) is 4.74 Å². The highest BCUT2D eigenvalue weighted by atomic mass is 16.5. The zero-order valence-electron chi connectivity index (χ0n) is 13.4. The van der Waals surface area contributed by atoms with Gasteiger partial charge in [0.1, 0.15) is 0 Å². The first kappa shape index (κ1) is 16.3. The summed E-state index contributed by atoms with van der Waals surface area (Å²) in [6.07, 6.45) is 16.1. The Morgan fingerprint density at radius 3 is 2.55 bits per heavy atom. The second-order valence-corrected chi connectivity index (χ2v) is 7.12. The summed E-state index contributed by atoms with van der Waals surface area (Å²) >= 11 is 0. The van der Waals surface area contributed by atoms with Crippen molar-refractivity contribution >= 4 is 0 Å². The molecule has 1 spiro atoms. The Hall–Kier alpha value is -0.0800. The van der Waals surface area contributed by atoms with Crippen molar-refractivity contribution in [2.24, 2.45) is 5.92 Å². The van der Waals surface area contributed by atoms with Crippen LogP contribution in [0.2, 0.25) is 0 Å². The van der Waals surface area contributed by atoms with E-state index in [1.165, 1.54) is 64.2 Å². The molecule has 0 aromatic heterocycles. The molecule has 0 amide bonds. The SMILES string of the molecule is CCCCCCCCC(O)C1CCOC2(CCCC2)C1. The van der Waals surface area contributed by atoms with E-state index in [0.29, 0.717) is 5.92 Å². The molecule has 2 nitrogen and oxygen atoms in total. The first-order valence-corrected chi connectivity index (χ1v) is 9.08. The molecule has 2 rings (SSSR count). The van der Waals surface area contributed by atoms with Gasteiger partial charge in [-0.1, -0.05) is 58.3 Å². The van der Waals surface area contributed by atoms with Crippen molar-refractivity contribution in [2.75, 3.05) is 6.61 Å². The van der Waals surface area contributed by atoms with Crippen LogP contribution in [0.3, 0.4) is 0 Å². The van der Waals surface area contributed by atoms with Crippen molar-refractivity contribution < 1.29 is 9.84 Å². The van der Waals surface area contributed by atoms with Crippen LogP contribution in [0.4, 0.5) is 0 Å². The Bertz CT molecular complexity index is 258. The molecule has 0 aromatic rings. The van der Waals surface area contributed by atoms with Gasteiger partial charge in [-0.05, 0) is 38.0 Å². The molecule has 0 aromatic carbocycles. The molecular weight excluding hydrogens is 248 g/mol. The topological polar surface area (TPSA) is 29.5 Å². The molecule has 1 aliphatic heterocycles. The highest BCUT2D eigenvalue weighted by molar-refractivity contribution is 4.92. The first-order valence-electron chi connectivity index (χ1n) is 9.08. The summed E-state index contributed by atoms with van der Waals surface area (Å²) in [4.78, 5) is 0. The van der Waals surface area contributed by atoms with Gasteiger partial charge in [-0.2, -0.15) is 0 Å². The minimum Gasteiger partial charge on any atom is -0.393 e. The minimum atomic E-state index is -0.0810. The largest absolute Gasteiger partial charge is 0.393 e. The van der Waals surface area contributed by atoms with Crippen LogP contribution in [-0.4, -0.2) is 23.4 Å². The fourth-order valence-corrected chi connectivity index (χ4v) is 4.13. The van der Waals surface area contributed by atoms with Gasteiger partial charge >= 0.3 is 0 Å². The second-order valence-electron chi connectivity index (χ2n) is 7.12. The third-order valence-corrected chi connectivity index (χ3v) is 5.44. The maximum atomic E-state index is 10.5. The monoisotopic (exact) mass is 282 g/mol. The predicted molar refractivity (Wildman–Crippen MR) is 83.9 cm³/mol. The van der Waals surface area contributed by atoms with Crippen LogP contribution in [0.1, 0.15) is 90.4 Å². The standard InChI is InChI=1S/C18H34O2/c1-2-3-4-5-6-7-10-17(19)16-11-14-20-18(15-16)12-8-9-13-18/h16-17,19H,2-15H2,1H3. The van der Waals surface area contributed by atoms with Gasteiger partial charge in [0.2, 0.25) is 0 Å². The molecule has 2 aliphatic rings. The van der Waals surface area contributed by atoms with E-state index in [9.17, 15) is 5.11 Å². The quantitative estimate of drug-likeness (QED) is 0.646. The zero-order valence-corrected chi connectivity index (χ0v) is 13.4. The van der Waals surface area contributed by atoms with E-state index in [0.717, 1.165) is 25.9 Å². The van der Waals surface area contributed by atoms with Gasteiger partial charge in [0.15, 0.2) is 0 Å². The number of hydrogen-bond donors (Lipinski definition) is 1. The minimum absolute atomic E-state index is 0.0810. The van der Waals surface area contributed by atoms with E-state index in [1.807, 2.05) is 0 Å². The van der Waals surface area contributed by atoms with Gasteiger partial charge in [0.25, 0.3) is 0 Å². The van der Waals surface area contributed by atoms with Crippen LogP contribution in [0.5, 0.6) is 0 Å². The summed E-state index contributed by atoms with van der Waals surface area (Å²) in [6, 6.07) is 0. The lowest BCUT2D eigenvalue weighted by molar-refractivity contribution is -0.113. The maximum Gasteiger partial charge on any atom is 0.0686 e. The average Bonchev–Trinajstić information content (AvgIpc) is 2.90. The third-order valence-electron chi connectivity index (χ3n) is 5.44. The van der Waals surface area contributed by atoms with E-state index in [2.05, 4.69) is 6.92 Å². The van der Waals surface area contributed by atoms with Gasteiger partial charge < -0.3 is 9.84 Å². The lowest BCUT2D eigenvalue weighted by Crippen LogP contribution is -2.41. The van der Waals surface area contributed by atoms with E-state index in [1.54, 1.807) is 0 Å². The van der Waals surface area contributed by atoms with Crippen molar-refractivity contribution in [1.29, 1.82) is 0 Å². The molecule has 2 heteroatoms. The van der Waals surface area contributed by atoms with E-state index < -0.39 is 0 Å². The van der Waals surface area contributed by atoms with Gasteiger partial charge in [-0.15, -0.1) is 0 Å². The zero-order chi connectivity index (χ0) is 14.3. The molecule has 1 N–H and O–H groups in total.